The van der Waals surface area contributed by atoms with Gasteiger partial charge < -0.3 is 9.84 Å². The molecule has 0 saturated heterocycles. The zero-order chi connectivity index (χ0) is 13.8. The average Bonchev–Trinajstić information content (AvgIpc) is 2.79. The average molecular weight is 260 g/mol. The van der Waals surface area contributed by atoms with E-state index in [9.17, 15) is 4.79 Å². The molecule has 19 heavy (non-hydrogen) atoms. The molecule has 0 fully saturated rings. The van der Waals surface area contributed by atoms with Crippen LogP contribution >= 0.6 is 0 Å². The van der Waals surface area contributed by atoms with Crippen LogP contribution in [0.15, 0.2) is 24.3 Å². The molecule has 2 rings (SSSR count). The molecule has 2 N–H and O–H groups in total. The molecule has 1 aromatic carbocycles. The Labute approximate surface area is 111 Å². The predicted octanol–water partition coefficient (Wildman–Crippen LogP) is 2.41. The topological polar surface area (TPSA) is 75.2 Å². The van der Waals surface area contributed by atoms with Crippen molar-refractivity contribution in [1.29, 1.82) is 0 Å². The summed E-state index contributed by atoms with van der Waals surface area (Å²) in [6, 6.07) is 7.55. The molecule has 0 aliphatic heterocycles. The zero-order valence-corrected chi connectivity index (χ0v) is 10.9. The van der Waals surface area contributed by atoms with Crippen LogP contribution in [0.2, 0.25) is 0 Å². The highest BCUT2D eigenvalue weighted by Crippen LogP contribution is 2.25. The van der Waals surface area contributed by atoms with Crippen molar-refractivity contribution in [2.24, 2.45) is 0 Å². The van der Waals surface area contributed by atoms with Crippen LogP contribution in [-0.2, 0) is 11.2 Å². The number of carboxylic acids is 1. The Bertz CT molecular complexity index is 590. The summed E-state index contributed by atoms with van der Waals surface area (Å²) in [7, 11) is 0. The Morgan fingerprint density at radius 2 is 2.21 bits per heavy atom. The molecule has 5 heteroatoms. The van der Waals surface area contributed by atoms with Crippen LogP contribution < -0.4 is 4.74 Å². The van der Waals surface area contributed by atoms with Gasteiger partial charge in [-0.25, -0.2) is 0 Å². The standard InChI is InChI=1S/C14H16N2O3/c1-3-19-13-5-4-10(6-9(13)2)12-7-11(15-16-12)8-14(17)18/h4-7H,3,8H2,1-2H3,(H,15,16)(H,17,18). The number of hydrogen-bond acceptors (Lipinski definition) is 3. The summed E-state index contributed by atoms with van der Waals surface area (Å²) in [5.41, 5.74) is 3.30. The number of hydrogen-bond donors (Lipinski definition) is 2. The Kier molecular flexibility index (Phi) is 3.85. The van der Waals surface area contributed by atoms with Gasteiger partial charge in [-0.3, -0.25) is 9.89 Å². The van der Waals surface area contributed by atoms with Gasteiger partial charge in [-0.15, -0.1) is 0 Å². The molecular formula is C14H16N2O3. The second-order valence-corrected chi connectivity index (χ2v) is 4.26. The Hall–Kier alpha value is -2.30. The van der Waals surface area contributed by atoms with Crippen LogP contribution in [0, 0.1) is 6.92 Å². The van der Waals surface area contributed by atoms with Crippen LogP contribution in [0.1, 0.15) is 18.2 Å². The van der Waals surface area contributed by atoms with Crippen molar-refractivity contribution in [3.8, 4) is 17.0 Å². The number of aromatic nitrogens is 2. The Morgan fingerprint density at radius 1 is 1.42 bits per heavy atom. The van der Waals surface area contributed by atoms with E-state index in [4.69, 9.17) is 9.84 Å². The van der Waals surface area contributed by atoms with Gasteiger partial charge in [0.05, 0.1) is 18.7 Å². The molecule has 100 valence electrons. The summed E-state index contributed by atoms with van der Waals surface area (Å²) < 4.78 is 5.48. The van der Waals surface area contributed by atoms with Gasteiger partial charge in [0.1, 0.15) is 5.75 Å². The first kappa shape index (κ1) is 13.1. The van der Waals surface area contributed by atoms with E-state index in [-0.39, 0.29) is 6.42 Å². The summed E-state index contributed by atoms with van der Waals surface area (Å²) in [4.78, 5) is 10.6. The van der Waals surface area contributed by atoms with E-state index >= 15 is 0 Å². The molecule has 0 saturated carbocycles. The summed E-state index contributed by atoms with van der Waals surface area (Å²) in [6.07, 6.45) is -0.0526. The largest absolute Gasteiger partial charge is 0.494 e. The third kappa shape index (κ3) is 3.13. The lowest BCUT2D eigenvalue weighted by molar-refractivity contribution is -0.136. The van der Waals surface area contributed by atoms with E-state index in [2.05, 4.69) is 10.2 Å². The van der Waals surface area contributed by atoms with E-state index in [0.29, 0.717) is 12.3 Å². The maximum atomic E-state index is 10.6. The highest BCUT2D eigenvalue weighted by molar-refractivity contribution is 5.70. The number of aliphatic carboxylic acids is 1. The summed E-state index contributed by atoms with van der Waals surface area (Å²) >= 11 is 0. The molecule has 0 bridgehead atoms. The van der Waals surface area contributed by atoms with Gasteiger partial charge in [-0.2, -0.15) is 5.10 Å². The SMILES string of the molecule is CCOc1ccc(-c2cc(CC(=O)O)[nH]n2)cc1C. The number of aryl methyl sites for hydroxylation is 1. The van der Waals surface area contributed by atoms with Gasteiger partial charge in [0.2, 0.25) is 0 Å². The lowest BCUT2D eigenvalue weighted by atomic mass is 10.1. The van der Waals surface area contributed by atoms with E-state index in [0.717, 1.165) is 22.6 Å². The minimum atomic E-state index is -0.877. The van der Waals surface area contributed by atoms with E-state index in [1.807, 2.05) is 32.0 Å². The molecule has 1 heterocycles. The number of aromatic amines is 1. The Morgan fingerprint density at radius 3 is 2.84 bits per heavy atom. The molecule has 0 aliphatic rings. The van der Waals surface area contributed by atoms with Crippen LogP contribution in [0.5, 0.6) is 5.75 Å². The first-order valence-corrected chi connectivity index (χ1v) is 6.10. The van der Waals surface area contributed by atoms with Gasteiger partial charge in [0, 0.05) is 11.3 Å². The maximum absolute atomic E-state index is 10.6. The molecule has 0 unspecified atom stereocenters. The highest BCUT2D eigenvalue weighted by atomic mass is 16.5. The van der Waals surface area contributed by atoms with Gasteiger partial charge in [-0.05, 0) is 43.7 Å². The molecular weight excluding hydrogens is 244 g/mol. The molecule has 2 aromatic rings. The van der Waals surface area contributed by atoms with Crippen molar-refractivity contribution in [3.63, 3.8) is 0 Å². The fraction of sp³-hybridized carbons (Fsp3) is 0.286. The molecule has 0 aliphatic carbocycles. The van der Waals surface area contributed by atoms with Gasteiger partial charge in [0.25, 0.3) is 0 Å². The number of rotatable bonds is 5. The molecule has 0 radical (unpaired) electrons. The van der Waals surface area contributed by atoms with Crippen molar-refractivity contribution >= 4 is 5.97 Å². The first-order valence-electron chi connectivity index (χ1n) is 6.10. The lowest BCUT2D eigenvalue weighted by Gasteiger charge is -2.07. The van der Waals surface area contributed by atoms with E-state index in [1.54, 1.807) is 6.07 Å². The number of nitrogens with one attached hydrogen (secondary N) is 1. The fourth-order valence-electron chi connectivity index (χ4n) is 1.89. The normalized spacial score (nSPS) is 10.4. The number of nitrogens with zero attached hydrogens (tertiary/aromatic N) is 1. The van der Waals surface area contributed by atoms with Crippen molar-refractivity contribution < 1.29 is 14.6 Å². The van der Waals surface area contributed by atoms with Crippen molar-refractivity contribution in [1.82, 2.24) is 10.2 Å². The number of carbonyl (C=O) groups is 1. The molecule has 0 atom stereocenters. The van der Waals surface area contributed by atoms with Crippen LogP contribution in [0.3, 0.4) is 0 Å². The van der Waals surface area contributed by atoms with Crippen LogP contribution in [-0.4, -0.2) is 27.9 Å². The van der Waals surface area contributed by atoms with Gasteiger partial charge >= 0.3 is 5.97 Å². The van der Waals surface area contributed by atoms with Crippen molar-refractivity contribution in [3.05, 3.63) is 35.5 Å². The monoisotopic (exact) mass is 260 g/mol. The number of benzene rings is 1. The zero-order valence-electron chi connectivity index (χ0n) is 10.9. The van der Waals surface area contributed by atoms with Crippen molar-refractivity contribution in [2.45, 2.75) is 20.3 Å². The first-order chi connectivity index (χ1) is 9.10. The minimum Gasteiger partial charge on any atom is -0.494 e. The lowest BCUT2D eigenvalue weighted by Crippen LogP contribution is -1.99. The maximum Gasteiger partial charge on any atom is 0.309 e. The molecule has 0 spiro atoms. The minimum absolute atomic E-state index is 0.0526. The summed E-state index contributed by atoms with van der Waals surface area (Å²) in [5.74, 6) is -0.0226. The van der Waals surface area contributed by atoms with Crippen molar-refractivity contribution in [2.75, 3.05) is 6.61 Å². The molecule has 5 nitrogen and oxygen atoms in total. The number of H-pyrrole nitrogens is 1. The number of carboxylic acid groups (broad SMARTS) is 1. The predicted molar refractivity (Wildman–Crippen MR) is 71.3 cm³/mol. The van der Waals surface area contributed by atoms with E-state index < -0.39 is 5.97 Å². The van der Waals surface area contributed by atoms with Gasteiger partial charge in [0.15, 0.2) is 0 Å². The van der Waals surface area contributed by atoms with Crippen LogP contribution in [0.4, 0.5) is 0 Å². The Balaban J connectivity index is 2.24. The third-order valence-corrected chi connectivity index (χ3v) is 2.74. The van der Waals surface area contributed by atoms with Crippen LogP contribution in [0.25, 0.3) is 11.3 Å². The molecule has 0 amide bonds. The third-order valence-electron chi connectivity index (χ3n) is 2.74. The quantitative estimate of drug-likeness (QED) is 0.865. The highest BCUT2D eigenvalue weighted by Gasteiger charge is 2.08. The second-order valence-electron chi connectivity index (χ2n) is 4.26. The number of ether oxygens (including phenoxy) is 1. The second kappa shape index (κ2) is 5.56. The smallest absolute Gasteiger partial charge is 0.309 e. The molecule has 1 aromatic heterocycles. The summed E-state index contributed by atoms with van der Waals surface area (Å²) in [5, 5.41) is 15.6. The van der Waals surface area contributed by atoms with Gasteiger partial charge in [-0.1, -0.05) is 0 Å². The summed E-state index contributed by atoms with van der Waals surface area (Å²) in [6.45, 7) is 4.55. The van der Waals surface area contributed by atoms with E-state index in [1.165, 1.54) is 0 Å². The fourth-order valence-corrected chi connectivity index (χ4v) is 1.89.